The summed E-state index contributed by atoms with van der Waals surface area (Å²) in [6.07, 6.45) is -0.835. The summed E-state index contributed by atoms with van der Waals surface area (Å²) in [4.78, 5) is 0. The zero-order valence-electron chi connectivity index (χ0n) is 11.8. The van der Waals surface area contributed by atoms with Crippen LogP contribution in [0.1, 0.15) is 17.2 Å². The summed E-state index contributed by atoms with van der Waals surface area (Å²) < 4.78 is 24.1. The molecule has 0 bridgehead atoms. The van der Waals surface area contributed by atoms with Gasteiger partial charge >= 0.3 is 0 Å². The average Bonchev–Trinajstić information content (AvgIpc) is 2.50. The number of benzene rings is 2. The maximum Gasteiger partial charge on any atom is 0.126 e. The van der Waals surface area contributed by atoms with E-state index in [4.69, 9.17) is 21.1 Å². The molecule has 0 aliphatic rings. The molecule has 0 saturated carbocycles. The summed E-state index contributed by atoms with van der Waals surface area (Å²) in [7, 11) is 3.05. The van der Waals surface area contributed by atoms with Gasteiger partial charge in [-0.15, -0.1) is 0 Å². The lowest BCUT2D eigenvalue weighted by Gasteiger charge is -2.16. The molecule has 21 heavy (non-hydrogen) atoms. The van der Waals surface area contributed by atoms with E-state index in [1.807, 2.05) is 0 Å². The third-order valence-electron chi connectivity index (χ3n) is 3.22. The minimum absolute atomic E-state index is 0.0932. The number of aliphatic hydroxyl groups is 1. The molecule has 3 nitrogen and oxygen atoms in total. The molecule has 2 aromatic rings. The van der Waals surface area contributed by atoms with Gasteiger partial charge in [0.25, 0.3) is 0 Å². The number of hydrogen-bond donors (Lipinski definition) is 1. The normalized spacial score (nSPS) is 12.0. The lowest BCUT2D eigenvalue weighted by molar-refractivity contribution is 0.172. The van der Waals surface area contributed by atoms with Crippen molar-refractivity contribution in [3.63, 3.8) is 0 Å². The summed E-state index contributed by atoms with van der Waals surface area (Å²) >= 11 is 5.86. The van der Waals surface area contributed by atoms with Crippen molar-refractivity contribution in [2.45, 2.75) is 12.5 Å². The number of hydrogen-bond acceptors (Lipinski definition) is 3. The summed E-state index contributed by atoms with van der Waals surface area (Å²) in [6, 6.07) is 9.37. The second kappa shape index (κ2) is 6.78. The fraction of sp³-hybridized carbons (Fsp3) is 0.250. The lowest BCUT2D eigenvalue weighted by Crippen LogP contribution is -2.06. The van der Waals surface area contributed by atoms with Crippen molar-refractivity contribution in [1.29, 1.82) is 0 Å². The number of rotatable bonds is 5. The summed E-state index contributed by atoms with van der Waals surface area (Å²) in [5.41, 5.74) is 0.885. The van der Waals surface area contributed by atoms with Crippen LogP contribution in [-0.4, -0.2) is 19.3 Å². The van der Waals surface area contributed by atoms with Crippen molar-refractivity contribution in [1.82, 2.24) is 0 Å². The first-order valence-electron chi connectivity index (χ1n) is 6.39. The van der Waals surface area contributed by atoms with E-state index in [0.717, 1.165) is 0 Å². The van der Waals surface area contributed by atoms with E-state index in [2.05, 4.69) is 0 Å². The Hall–Kier alpha value is -1.78. The molecule has 1 atom stereocenters. The van der Waals surface area contributed by atoms with Crippen LogP contribution in [0.25, 0.3) is 0 Å². The van der Waals surface area contributed by atoms with Crippen LogP contribution >= 0.6 is 11.6 Å². The highest BCUT2D eigenvalue weighted by atomic mass is 35.5. The molecule has 0 fully saturated rings. The van der Waals surface area contributed by atoms with Gasteiger partial charge in [-0.05, 0) is 42.0 Å². The fourth-order valence-electron chi connectivity index (χ4n) is 2.12. The summed E-state index contributed by atoms with van der Waals surface area (Å²) in [5.74, 6) is 0.711. The molecule has 5 heteroatoms. The first-order valence-corrected chi connectivity index (χ1v) is 6.77. The molecule has 0 aromatic heterocycles. The minimum atomic E-state index is -0.928. The minimum Gasteiger partial charge on any atom is -0.497 e. The number of halogens is 2. The Kier molecular flexibility index (Phi) is 5.04. The number of aliphatic hydroxyl groups excluding tert-OH is 1. The Morgan fingerprint density at radius 1 is 1.14 bits per heavy atom. The third-order valence-corrected chi connectivity index (χ3v) is 3.45. The van der Waals surface area contributed by atoms with Gasteiger partial charge in [-0.3, -0.25) is 0 Å². The molecule has 2 aromatic carbocycles. The quantitative estimate of drug-likeness (QED) is 0.913. The molecule has 0 aliphatic carbocycles. The second-order valence-electron chi connectivity index (χ2n) is 4.56. The fourth-order valence-corrected chi connectivity index (χ4v) is 2.31. The Balaban J connectivity index is 2.31. The van der Waals surface area contributed by atoms with Gasteiger partial charge in [0.2, 0.25) is 0 Å². The van der Waals surface area contributed by atoms with Crippen LogP contribution < -0.4 is 9.47 Å². The van der Waals surface area contributed by atoms with Gasteiger partial charge in [-0.25, -0.2) is 4.39 Å². The molecular weight excluding hydrogens is 295 g/mol. The molecular formula is C16H16ClFO3. The predicted octanol–water partition coefficient (Wildman–Crippen LogP) is 3.77. The SMILES string of the molecule is COc1ccc(OC)c(C(O)Cc2cc(Cl)ccc2F)c1. The van der Waals surface area contributed by atoms with E-state index in [-0.39, 0.29) is 6.42 Å². The van der Waals surface area contributed by atoms with Gasteiger partial charge in [0.05, 0.1) is 20.3 Å². The molecule has 112 valence electrons. The Labute approximate surface area is 127 Å². The highest BCUT2D eigenvalue weighted by Gasteiger charge is 2.17. The zero-order valence-corrected chi connectivity index (χ0v) is 12.5. The van der Waals surface area contributed by atoms with Gasteiger partial charge in [0.1, 0.15) is 17.3 Å². The number of methoxy groups -OCH3 is 2. The maximum absolute atomic E-state index is 13.7. The molecule has 0 aliphatic heterocycles. The van der Waals surface area contributed by atoms with E-state index in [1.54, 1.807) is 18.2 Å². The standard InChI is InChI=1S/C16H16ClFO3/c1-20-12-4-6-16(21-2)13(9-12)15(19)8-10-7-11(17)3-5-14(10)18/h3-7,9,15,19H,8H2,1-2H3. The van der Waals surface area contributed by atoms with Crippen LogP contribution in [0.3, 0.4) is 0 Å². The van der Waals surface area contributed by atoms with E-state index in [0.29, 0.717) is 27.6 Å². The highest BCUT2D eigenvalue weighted by molar-refractivity contribution is 6.30. The predicted molar refractivity (Wildman–Crippen MR) is 79.6 cm³/mol. The largest absolute Gasteiger partial charge is 0.497 e. The molecule has 0 amide bonds. The van der Waals surface area contributed by atoms with Crippen molar-refractivity contribution < 1.29 is 19.0 Å². The molecule has 0 saturated heterocycles. The van der Waals surface area contributed by atoms with Gasteiger partial charge < -0.3 is 14.6 Å². The van der Waals surface area contributed by atoms with Crippen LogP contribution in [-0.2, 0) is 6.42 Å². The van der Waals surface area contributed by atoms with E-state index >= 15 is 0 Å². The molecule has 0 radical (unpaired) electrons. The zero-order chi connectivity index (χ0) is 15.4. The second-order valence-corrected chi connectivity index (χ2v) is 5.00. The van der Waals surface area contributed by atoms with Crippen molar-refractivity contribution in [2.24, 2.45) is 0 Å². The van der Waals surface area contributed by atoms with Crippen LogP contribution in [0.5, 0.6) is 11.5 Å². The summed E-state index contributed by atoms with van der Waals surface area (Å²) in [5, 5.41) is 10.8. The van der Waals surface area contributed by atoms with Crippen molar-refractivity contribution >= 4 is 11.6 Å². The van der Waals surface area contributed by atoms with Crippen LogP contribution in [0, 0.1) is 5.82 Å². The van der Waals surface area contributed by atoms with E-state index < -0.39 is 11.9 Å². The third kappa shape index (κ3) is 3.65. The smallest absolute Gasteiger partial charge is 0.126 e. The first-order chi connectivity index (χ1) is 10.0. The van der Waals surface area contributed by atoms with Crippen LogP contribution in [0.15, 0.2) is 36.4 Å². The van der Waals surface area contributed by atoms with Crippen LogP contribution in [0.4, 0.5) is 4.39 Å². The van der Waals surface area contributed by atoms with Crippen LogP contribution in [0.2, 0.25) is 5.02 Å². The molecule has 0 spiro atoms. The highest BCUT2D eigenvalue weighted by Crippen LogP contribution is 2.32. The van der Waals surface area contributed by atoms with Crippen molar-refractivity contribution in [3.8, 4) is 11.5 Å². The molecule has 1 unspecified atom stereocenters. The van der Waals surface area contributed by atoms with Gasteiger partial charge in [0, 0.05) is 17.0 Å². The van der Waals surface area contributed by atoms with Crippen molar-refractivity contribution in [2.75, 3.05) is 14.2 Å². The topological polar surface area (TPSA) is 38.7 Å². The average molecular weight is 311 g/mol. The molecule has 1 N–H and O–H groups in total. The monoisotopic (exact) mass is 310 g/mol. The Bertz CT molecular complexity index is 631. The van der Waals surface area contributed by atoms with E-state index in [1.165, 1.54) is 32.4 Å². The lowest BCUT2D eigenvalue weighted by atomic mass is 10.00. The first kappa shape index (κ1) is 15.6. The Morgan fingerprint density at radius 3 is 2.57 bits per heavy atom. The Morgan fingerprint density at radius 2 is 1.90 bits per heavy atom. The molecule has 0 heterocycles. The van der Waals surface area contributed by atoms with E-state index in [9.17, 15) is 9.50 Å². The van der Waals surface area contributed by atoms with Gasteiger partial charge in [0.15, 0.2) is 0 Å². The maximum atomic E-state index is 13.7. The molecule has 2 rings (SSSR count). The van der Waals surface area contributed by atoms with Gasteiger partial charge in [-0.1, -0.05) is 11.6 Å². The van der Waals surface area contributed by atoms with Crippen molar-refractivity contribution in [3.05, 3.63) is 58.4 Å². The summed E-state index contributed by atoms with van der Waals surface area (Å²) in [6.45, 7) is 0. The number of ether oxygens (including phenoxy) is 2. The van der Waals surface area contributed by atoms with Gasteiger partial charge in [-0.2, -0.15) is 0 Å².